The normalized spacial score (nSPS) is 10.5. The van der Waals surface area contributed by atoms with Crippen molar-refractivity contribution < 1.29 is 19.0 Å². The zero-order valence-corrected chi connectivity index (χ0v) is 12.7. The summed E-state index contributed by atoms with van der Waals surface area (Å²) in [6.45, 7) is 2.58. The van der Waals surface area contributed by atoms with Crippen LogP contribution < -0.4 is 15.2 Å². The summed E-state index contributed by atoms with van der Waals surface area (Å²) < 4.78 is 15.5. The zero-order chi connectivity index (χ0) is 16.1. The molecule has 1 heterocycles. The molecule has 22 heavy (non-hydrogen) atoms. The monoisotopic (exact) mass is 306 g/mol. The van der Waals surface area contributed by atoms with E-state index in [2.05, 4.69) is 10.2 Å². The van der Waals surface area contributed by atoms with E-state index >= 15 is 0 Å². The van der Waals surface area contributed by atoms with Gasteiger partial charge in [-0.25, -0.2) is 0 Å². The molecular formula is C14H18N4O4. The van der Waals surface area contributed by atoms with Crippen molar-refractivity contribution in [1.82, 2.24) is 15.0 Å². The molecule has 8 nitrogen and oxygen atoms in total. The lowest BCUT2D eigenvalue weighted by Crippen LogP contribution is -2.10. The van der Waals surface area contributed by atoms with Gasteiger partial charge in [0, 0.05) is 18.4 Å². The van der Waals surface area contributed by atoms with E-state index < -0.39 is 0 Å². The minimum atomic E-state index is -0.346. The number of hydrogen-bond donors (Lipinski definition) is 1. The van der Waals surface area contributed by atoms with Gasteiger partial charge in [0.25, 0.3) is 0 Å². The van der Waals surface area contributed by atoms with Crippen LogP contribution in [0.5, 0.6) is 11.5 Å². The molecule has 0 bridgehead atoms. The van der Waals surface area contributed by atoms with Crippen LogP contribution in [0.25, 0.3) is 0 Å². The minimum absolute atomic E-state index is 0.179. The fourth-order valence-electron chi connectivity index (χ4n) is 1.87. The third-order valence-corrected chi connectivity index (χ3v) is 2.98. The maximum Gasteiger partial charge on any atom is 0.217 e. The van der Waals surface area contributed by atoms with Gasteiger partial charge < -0.3 is 19.9 Å². The van der Waals surface area contributed by atoms with Gasteiger partial charge in [0.1, 0.15) is 0 Å². The van der Waals surface area contributed by atoms with Crippen molar-refractivity contribution in [2.45, 2.75) is 13.7 Å². The molecule has 0 radical (unpaired) electrons. The van der Waals surface area contributed by atoms with E-state index in [4.69, 9.17) is 19.9 Å². The molecule has 2 aromatic rings. The number of anilines is 1. The molecule has 8 heteroatoms. The molecule has 0 unspecified atom stereocenters. The van der Waals surface area contributed by atoms with Crippen LogP contribution in [0, 0.1) is 0 Å². The number of benzene rings is 1. The number of nitrogen functional groups attached to an aromatic ring is 1. The number of carbonyl (C=O) groups excluding carboxylic acids is 1. The van der Waals surface area contributed by atoms with E-state index in [1.807, 2.05) is 6.92 Å². The van der Waals surface area contributed by atoms with Crippen LogP contribution in [-0.2, 0) is 11.5 Å². The smallest absolute Gasteiger partial charge is 0.217 e. The van der Waals surface area contributed by atoms with Crippen molar-refractivity contribution in [2.24, 2.45) is 0 Å². The average Bonchev–Trinajstić information content (AvgIpc) is 3.00. The Kier molecular flexibility index (Phi) is 4.95. The van der Waals surface area contributed by atoms with Crippen molar-refractivity contribution in [3.63, 3.8) is 0 Å². The van der Waals surface area contributed by atoms with Crippen LogP contribution in [0.15, 0.2) is 18.3 Å². The van der Waals surface area contributed by atoms with E-state index in [9.17, 15) is 4.79 Å². The molecule has 0 fully saturated rings. The molecule has 0 spiro atoms. The van der Waals surface area contributed by atoms with E-state index in [0.29, 0.717) is 18.1 Å². The quantitative estimate of drug-likeness (QED) is 0.603. The lowest BCUT2D eigenvalue weighted by Gasteiger charge is -2.11. The second-order valence-electron chi connectivity index (χ2n) is 4.35. The SMILES string of the molecule is CCOCn1ncc(C(=O)c2cc(OC)c(OC)cc2N)n1. The first-order chi connectivity index (χ1) is 10.6. The van der Waals surface area contributed by atoms with Crippen LogP contribution in [-0.4, -0.2) is 41.6 Å². The second kappa shape index (κ2) is 6.90. The van der Waals surface area contributed by atoms with E-state index in [1.165, 1.54) is 37.3 Å². The van der Waals surface area contributed by atoms with Gasteiger partial charge >= 0.3 is 0 Å². The molecule has 0 atom stereocenters. The number of nitrogens with two attached hydrogens (primary N) is 1. The lowest BCUT2D eigenvalue weighted by molar-refractivity contribution is 0.0686. The second-order valence-corrected chi connectivity index (χ2v) is 4.35. The largest absolute Gasteiger partial charge is 0.493 e. The van der Waals surface area contributed by atoms with Crippen molar-refractivity contribution in [1.29, 1.82) is 0 Å². The highest BCUT2D eigenvalue weighted by Gasteiger charge is 2.19. The Morgan fingerprint density at radius 2 is 1.95 bits per heavy atom. The third-order valence-electron chi connectivity index (χ3n) is 2.98. The number of ketones is 1. The molecule has 2 N–H and O–H groups in total. The molecule has 0 aliphatic heterocycles. The van der Waals surface area contributed by atoms with Gasteiger partial charge in [-0.1, -0.05) is 0 Å². The number of rotatable bonds is 7. The highest BCUT2D eigenvalue weighted by Crippen LogP contribution is 2.32. The molecule has 0 saturated heterocycles. The Morgan fingerprint density at radius 3 is 2.59 bits per heavy atom. The van der Waals surface area contributed by atoms with Crippen LogP contribution in [0.3, 0.4) is 0 Å². The van der Waals surface area contributed by atoms with Crippen molar-refractivity contribution >= 4 is 11.5 Å². The standard InChI is InChI=1S/C14H18N4O4/c1-4-22-8-18-16-7-11(17-18)14(19)9-5-12(20-2)13(21-3)6-10(9)15/h5-7H,4,8,15H2,1-3H3. The van der Waals surface area contributed by atoms with Crippen LogP contribution in [0.1, 0.15) is 23.0 Å². The number of methoxy groups -OCH3 is 2. The van der Waals surface area contributed by atoms with E-state index in [0.717, 1.165) is 0 Å². The first-order valence-corrected chi connectivity index (χ1v) is 6.64. The number of ether oxygens (including phenoxy) is 3. The molecule has 0 amide bonds. The predicted molar refractivity (Wildman–Crippen MR) is 79.0 cm³/mol. The number of aromatic nitrogens is 3. The summed E-state index contributed by atoms with van der Waals surface area (Å²) in [7, 11) is 2.98. The van der Waals surface area contributed by atoms with E-state index in [-0.39, 0.29) is 29.5 Å². The Bertz CT molecular complexity index is 669. The van der Waals surface area contributed by atoms with Gasteiger partial charge in [-0.05, 0) is 13.0 Å². The van der Waals surface area contributed by atoms with Gasteiger partial charge in [0.2, 0.25) is 5.78 Å². The summed E-state index contributed by atoms with van der Waals surface area (Å²) in [5, 5.41) is 8.04. The first kappa shape index (κ1) is 15.8. The van der Waals surface area contributed by atoms with Gasteiger partial charge in [-0.2, -0.15) is 9.90 Å². The topological polar surface area (TPSA) is 101 Å². The van der Waals surface area contributed by atoms with Crippen LogP contribution in [0.4, 0.5) is 5.69 Å². The first-order valence-electron chi connectivity index (χ1n) is 6.64. The number of nitrogens with zero attached hydrogens (tertiary/aromatic N) is 3. The van der Waals surface area contributed by atoms with E-state index in [1.54, 1.807) is 0 Å². The number of carbonyl (C=O) groups is 1. The summed E-state index contributed by atoms with van der Waals surface area (Å²) in [4.78, 5) is 13.8. The zero-order valence-electron chi connectivity index (χ0n) is 12.7. The van der Waals surface area contributed by atoms with Crippen LogP contribution >= 0.6 is 0 Å². The van der Waals surface area contributed by atoms with Gasteiger partial charge in [0.05, 0.1) is 26.0 Å². The molecule has 0 aliphatic carbocycles. The van der Waals surface area contributed by atoms with Crippen molar-refractivity contribution in [3.05, 3.63) is 29.6 Å². The molecule has 1 aromatic carbocycles. The fourth-order valence-corrected chi connectivity index (χ4v) is 1.87. The lowest BCUT2D eigenvalue weighted by atomic mass is 10.1. The summed E-state index contributed by atoms with van der Waals surface area (Å²) in [5.74, 6) is 0.527. The predicted octanol–water partition coefficient (Wildman–Crippen LogP) is 1.10. The van der Waals surface area contributed by atoms with Gasteiger partial charge in [0.15, 0.2) is 23.9 Å². The van der Waals surface area contributed by atoms with Crippen molar-refractivity contribution in [3.8, 4) is 11.5 Å². The highest BCUT2D eigenvalue weighted by molar-refractivity contribution is 6.11. The highest BCUT2D eigenvalue weighted by atomic mass is 16.5. The molecule has 1 aromatic heterocycles. The third kappa shape index (κ3) is 3.17. The Labute approximate surface area is 127 Å². The maximum absolute atomic E-state index is 12.5. The Morgan fingerprint density at radius 1 is 1.27 bits per heavy atom. The fraction of sp³-hybridized carbons (Fsp3) is 0.357. The molecular weight excluding hydrogens is 288 g/mol. The Hall–Kier alpha value is -2.61. The molecule has 2 rings (SSSR count). The molecule has 0 saturated carbocycles. The summed E-state index contributed by atoms with van der Waals surface area (Å²) in [5.41, 5.74) is 6.65. The van der Waals surface area contributed by atoms with Gasteiger partial charge in [-0.3, -0.25) is 4.79 Å². The molecule has 118 valence electrons. The maximum atomic E-state index is 12.5. The minimum Gasteiger partial charge on any atom is -0.493 e. The summed E-state index contributed by atoms with van der Waals surface area (Å²) >= 11 is 0. The Balaban J connectivity index is 2.30. The number of hydrogen-bond acceptors (Lipinski definition) is 7. The van der Waals surface area contributed by atoms with Crippen molar-refractivity contribution in [2.75, 3.05) is 26.6 Å². The van der Waals surface area contributed by atoms with Crippen LogP contribution in [0.2, 0.25) is 0 Å². The van der Waals surface area contributed by atoms with Gasteiger partial charge in [-0.15, -0.1) is 5.10 Å². The average molecular weight is 306 g/mol. The molecule has 0 aliphatic rings. The summed E-state index contributed by atoms with van der Waals surface area (Å²) in [6, 6.07) is 3.06. The summed E-state index contributed by atoms with van der Waals surface area (Å²) in [6.07, 6.45) is 1.37.